The van der Waals surface area contributed by atoms with Crippen molar-refractivity contribution in [3.05, 3.63) is 47.9 Å². The largest absolute Gasteiger partial charge is 0.462 e. The zero-order chi connectivity index (χ0) is 17.2. The van der Waals surface area contributed by atoms with Crippen LogP contribution in [0, 0.1) is 5.92 Å². The van der Waals surface area contributed by atoms with E-state index in [1.807, 2.05) is 0 Å². The molecule has 2 aromatic rings. The third kappa shape index (κ3) is 3.34. The minimum absolute atomic E-state index is 0.0870. The monoisotopic (exact) mass is 334 g/mol. The van der Waals surface area contributed by atoms with Crippen molar-refractivity contribution in [2.75, 3.05) is 6.61 Å². The summed E-state index contributed by atoms with van der Waals surface area (Å²) >= 11 is 0. The Hall–Kier alpha value is -2.57. The van der Waals surface area contributed by atoms with Crippen LogP contribution in [-0.2, 0) is 10.7 Å². The van der Waals surface area contributed by atoms with Crippen LogP contribution in [0.3, 0.4) is 0 Å². The highest BCUT2D eigenvalue weighted by Gasteiger charge is 2.50. The van der Waals surface area contributed by atoms with Crippen LogP contribution in [0.1, 0.15) is 35.9 Å². The molecule has 0 aliphatic heterocycles. The normalized spacial score (nSPS) is 14.3. The van der Waals surface area contributed by atoms with E-state index in [0.29, 0.717) is 18.6 Å². The number of benzene rings is 1. The van der Waals surface area contributed by atoms with Crippen molar-refractivity contribution < 1.29 is 23.0 Å². The molecule has 1 aromatic heterocycles. The minimum atomic E-state index is -3.14. The van der Waals surface area contributed by atoms with Crippen LogP contribution in [0.2, 0.25) is 0 Å². The van der Waals surface area contributed by atoms with Crippen LogP contribution < -0.4 is 4.74 Å². The summed E-state index contributed by atoms with van der Waals surface area (Å²) in [6, 6.07) is 8.50. The molecule has 1 heterocycles. The lowest BCUT2D eigenvalue weighted by atomic mass is 10.2. The average molecular weight is 334 g/mol. The van der Waals surface area contributed by atoms with Crippen LogP contribution in [0.15, 0.2) is 36.5 Å². The summed E-state index contributed by atoms with van der Waals surface area (Å²) in [7, 11) is 0. The summed E-state index contributed by atoms with van der Waals surface area (Å²) in [5, 5.41) is 0. The second kappa shape index (κ2) is 6.51. The first kappa shape index (κ1) is 16.3. The highest BCUT2D eigenvalue weighted by molar-refractivity contribution is 5.91. The number of halogens is 2. The van der Waals surface area contributed by atoms with Gasteiger partial charge in [-0.25, -0.2) is 9.78 Å². The van der Waals surface area contributed by atoms with Gasteiger partial charge in [0.2, 0.25) is 11.7 Å². The lowest BCUT2D eigenvalue weighted by Crippen LogP contribution is -2.21. The number of hydrogen-bond acceptors (Lipinski definition) is 5. The van der Waals surface area contributed by atoms with Crippen molar-refractivity contribution >= 4 is 5.97 Å². The van der Waals surface area contributed by atoms with Gasteiger partial charge in [-0.2, -0.15) is 13.8 Å². The molecule has 0 bridgehead atoms. The number of alkyl halides is 2. The predicted octanol–water partition coefficient (Wildman–Crippen LogP) is 3.95. The summed E-state index contributed by atoms with van der Waals surface area (Å²) < 4.78 is 38.9. The second-order valence-corrected chi connectivity index (χ2v) is 5.45. The number of esters is 1. The van der Waals surface area contributed by atoms with E-state index in [1.54, 1.807) is 37.3 Å². The van der Waals surface area contributed by atoms with Crippen molar-refractivity contribution in [1.29, 1.82) is 0 Å². The van der Waals surface area contributed by atoms with Crippen molar-refractivity contribution in [3.63, 3.8) is 0 Å². The molecule has 0 spiro atoms. The summed E-state index contributed by atoms with van der Waals surface area (Å²) in [6.07, 6.45) is 1.91. The van der Waals surface area contributed by atoms with Crippen molar-refractivity contribution in [1.82, 2.24) is 9.97 Å². The molecule has 126 valence electrons. The van der Waals surface area contributed by atoms with E-state index in [0.717, 1.165) is 6.20 Å². The molecule has 5 nitrogen and oxygen atoms in total. The topological polar surface area (TPSA) is 61.3 Å². The first-order valence-electron chi connectivity index (χ1n) is 7.67. The number of rotatable bonds is 6. The molecule has 0 amide bonds. The minimum Gasteiger partial charge on any atom is -0.462 e. The second-order valence-electron chi connectivity index (χ2n) is 5.45. The number of nitrogens with zero attached hydrogens (tertiary/aromatic N) is 2. The predicted molar refractivity (Wildman–Crippen MR) is 81.1 cm³/mol. The number of carbonyl (C=O) groups excluding carboxylic acids is 1. The molecular formula is C17H16F2N2O3. The molecule has 0 radical (unpaired) electrons. The molecule has 1 fully saturated rings. The van der Waals surface area contributed by atoms with Gasteiger partial charge in [0.1, 0.15) is 11.3 Å². The maximum absolute atomic E-state index is 14.2. The van der Waals surface area contributed by atoms with Crippen LogP contribution in [0.25, 0.3) is 0 Å². The standard InChI is InChI=1S/C17H16F2N2O3/c1-2-23-15(22)13-10-20-16(17(18,19)11-8-9-11)21-14(13)24-12-6-4-3-5-7-12/h3-7,10-11H,2,8-9H2,1H3. The van der Waals surface area contributed by atoms with E-state index in [2.05, 4.69) is 9.97 Å². The molecule has 1 aliphatic rings. The Morgan fingerprint density at radius 1 is 1.29 bits per heavy atom. The highest BCUT2D eigenvalue weighted by Crippen LogP contribution is 2.48. The van der Waals surface area contributed by atoms with Crippen molar-refractivity contribution in [2.45, 2.75) is 25.7 Å². The van der Waals surface area contributed by atoms with E-state index in [9.17, 15) is 13.6 Å². The van der Waals surface area contributed by atoms with Gasteiger partial charge in [0.05, 0.1) is 6.61 Å². The number of ether oxygens (including phenoxy) is 2. The van der Waals surface area contributed by atoms with E-state index in [1.165, 1.54) is 0 Å². The number of para-hydroxylation sites is 1. The summed E-state index contributed by atoms with van der Waals surface area (Å²) in [5.74, 6) is -5.10. The molecule has 7 heteroatoms. The van der Waals surface area contributed by atoms with Gasteiger partial charge >= 0.3 is 11.9 Å². The van der Waals surface area contributed by atoms with E-state index in [4.69, 9.17) is 9.47 Å². The third-order valence-corrected chi connectivity index (χ3v) is 3.60. The summed E-state index contributed by atoms with van der Waals surface area (Å²) in [6.45, 7) is 1.79. The lowest BCUT2D eigenvalue weighted by Gasteiger charge is -2.16. The Morgan fingerprint density at radius 3 is 2.62 bits per heavy atom. The molecule has 0 saturated heterocycles. The third-order valence-electron chi connectivity index (χ3n) is 3.60. The molecule has 1 saturated carbocycles. The van der Waals surface area contributed by atoms with Crippen molar-refractivity contribution in [2.24, 2.45) is 5.92 Å². The Bertz CT molecular complexity index is 734. The lowest BCUT2D eigenvalue weighted by molar-refractivity contribution is -0.0379. The fourth-order valence-electron chi connectivity index (χ4n) is 2.18. The Labute approximate surface area is 137 Å². The zero-order valence-electron chi connectivity index (χ0n) is 13.0. The molecule has 0 atom stereocenters. The van der Waals surface area contributed by atoms with Crippen LogP contribution in [-0.4, -0.2) is 22.5 Å². The molecule has 1 aliphatic carbocycles. The molecule has 1 aromatic carbocycles. The van der Waals surface area contributed by atoms with Crippen LogP contribution in [0.4, 0.5) is 8.78 Å². The number of carbonyl (C=O) groups is 1. The Kier molecular flexibility index (Phi) is 4.42. The summed E-state index contributed by atoms with van der Waals surface area (Å²) in [4.78, 5) is 19.5. The van der Waals surface area contributed by atoms with Gasteiger partial charge in [-0.05, 0) is 31.9 Å². The van der Waals surface area contributed by atoms with Crippen LogP contribution >= 0.6 is 0 Å². The highest BCUT2D eigenvalue weighted by atomic mass is 19.3. The maximum Gasteiger partial charge on any atom is 0.345 e. The Balaban J connectivity index is 1.98. The van der Waals surface area contributed by atoms with Crippen LogP contribution in [0.5, 0.6) is 11.6 Å². The van der Waals surface area contributed by atoms with Gasteiger partial charge in [0, 0.05) is 12.1 Å². The molecular weight excluding hydrogens is 318 g/mol. The SMILES string of the molecule is CCOC(=O)c1cnc(C(F)(F)C2CC2)nc1Oc1ccccc1. The van der Waals surface area contributed by atoms with Gasteiger partial charge in [0.25, 0.3) is 0 Å². The van der Waals surface area contributed by atoms with E-state index >= 15 is 0 Å². The molecule has 0 unspecified atom stereocenters. The van der Waals surface area contributed by atoms with Gasteiger partial charge in [-0.3, -0.25) is 0 Å². The number of hydrogen-bond donors (Lipinski definition) is 0. The van der Waals surface area contributed by atoms with E-state index in [-0.39, 0.29) is 18.1 Å². The number of aromatic nitrogens is 2. The fraction of sp³-hybridized carbons (Fsp3) is 0.353. The quantitative estimate of drug-likeness (QED) is 0.749. The zero-order valence-corrected chi connectivity index (χ0v) is 13.0. The molecule has 3 rings (SSSR count). The smallest absolute Gasteiger partial charge is 0.345 e. The fourth-order valence-corrected chi connectivity index (χ4v) is 2.18. The summed E-state index contributed by atoms with van der Waals surface area (Å²) in [5.41, 5.74) is -0.0870. The van der Waals surface area contributed by atoms with Crippen molar-refractivity contribution in [3.8, 4) is 11.6 Å². The van der Waals surface area contributed by atoms with Gasteiger partial charge in [-0.15, -0.1) is 0 Å². The average Bonchev–Trinajstić information content (AvgIpc) is 3.41. The Morgan fingerprint density at radius 2 is 2.00 bits per heavy atom. The van der Waals surface area contributed by atoms with Gasteiger partial charge in [0.15, 0.2) is 0 Å². The molecule has 24 heavy (non-hydrogen) atoms. The first-order valence-corrected chi connectivity index (χ1v) is 7.67. The van der Waals surface area contributed by atoms with E-state index < -0.39 is 23.6 Å². The molecule has 0 N–H and O–H groups in total. The van der Waals surface area contributed by atoms with Gasteiger partial charge < -0.3 is 9.47 Å². The van der Waals surface area contributed by atoms with Gasteiger partial charge in [-0.1, -0.05) is 18.2 Å². The maximum atomic E-state index is 14.2. The first-order chi connectivity index (χ1) is 11.5.